The highest BCUT2D eigenvalue weighted by atomic mass is 15.1. The number of aryl methyl sites for hydroxylation is 3. The lowest BCUT2D eigenvalue weighted by Crippen LogP contribution is -1.96. The maximum Gasteiger partial charge on any atom is 0.0862 e. The Bertz CT molecular complexity index is 1270. The normalized spacial score (nSPS) is 12.0. The van der Waals surface area contributed by atoms with Crippen LogP contribution >= 0.6 is 0 Å². The third-order valence-corrected chi connectivity index (χ3v) is 8.41. The van der Waals surface area contributed by atoms with Gasteiger partial charge in [-0.25, -0.2) is 0 Å². The van der Waals surface area contributed by atoms with Crippen molar-refractivity contribution in [2.24, 2.45) is 10.2 Å². The lowest BCUT2D eigenvalue weighted by atomic mass is 9.91. The van der Waals surface area contributed by atoms with E-state index in [1.54, 1.807) is 0 Å². The smallest absolute Gasteiger partial charge is 0.0862 e. The summed E-state index contributed by atoms with van der Waals surface area (Å²) in [6.07, 6.45) is 18.5. The molecule has 0 heterocycles. The van der Waals surface area contributed by atoms with Crippen LogP contribution in [0.2, 0.25) is 0 Å². The van der Waals surface area contributed by atoms with E-state index in [0.29, 0.717) is 0 Å². The zero-order chi connectivity index (χ0) is 29.5. The van der Waals surface area contributed by atoms with Gasteiger partial charge in [-0.2, -0.15) is 10.2 Å². The summed E-state index contributed by atoms with van der Waals surface area (Å²) >= 11 is 0. The van der Waals surface area contributed by atoms with Crippen molar-refractivity contribution in [3.63, 3.8) is 0 Å². The maximum atomic E-state index is 4.73. The number of rotatable bonds is 17. The third-order valence-electron chi connectivity index (χ3n) is 8.41. The predicted octanol–water partition coefficient (Wildman–Crippen LogP) is 12.7. The van der Waals surface area contributed by atoms with Gasteiger partial charge in [-0.3, -0.25) is 0 Å². The van der Waals surface area contributed by atoms with E-state index in [0.717, 1.165) is 30.6 Å². The number of benzene rings is 3. The largest absolute Gasteiger partial charge is 0.155 e. The van der Waals surface area contributed by atoms with Crippen molar-refractivity contribution in [2.75, 3.05) is 0 Å². The minimum atomic E-state index is 0.931. The number of hydrogen-bond donors (Lipinski definition) is 0. The molecule has 0 atom stereocenters. The first-order chi connectivity index (χ1) is 20.0. The first-order valence-corrected chi connectivity index (χ1v) is 16.4. The highest BCUT2D eigenvalue weighted by molar-refractivity contribution is 5.72. The minimum absolute atomic E-state index is 0.931. The summed E-state index contributed by atoms with van der Waals surface area (Å²) < 4.78 is 0. The lowest BCUT2D eigenvalue weighted by molar-refractivity contribution is 0.607. The molecule has 0 spiro atoms. The van der Waals surface area contributed by atoms with E-state index < -0.39 is 0 Å². The van der Waals surface area contributed by atoms with Gasteiger partial charge in [-0.1, -0.05) is 109 Å². The fourth-order valence-electron chi connectivity index (χ4n) is 5.81. The van der Waals surface area contributed by atoms with Gasteiger partial charge in [0, 0.05) is 0 Å². The number of nitrogens with zero attached hydrogens (tertiary/aromatic N) is 2. The summed E-state index contributed by atoms with van der Waals surface area (Å²) in [4.78, 5) is 0. The second-order valence-electron chi connectivity index (χ2n) is 11.8. The van der Waals surface area contributed by atoms with Gasteiger partial charge in [0.05, 0.1) is 11.4 Å². The zero-order valence-corrected chi connectivity index (χ0v) is 26.9. The molecule has 0 unspecified atom stereocenters. The maximum absolute atomic E-state index is 4.73. The van der Waals surface area contributed by atoms with Crippen molar-refractivity contribution in [1.29, 1.82) is 0 Å². The Morgan fingerprint density at radius 2 is 1.24 bits per heavy atom. The summed E-state index contributed by atoms with van der Waals surface area (Å²) in [5, 5.41) is 9.42. The minimum Gasteiger partial charge on any atom is -0.155 e. The van der Waals surface area contributed by atoms with Crippen molar-refractivity contribution in [3.8, 4) is 11.1 Å². The van der Waals surface area contributed by atoms with E-state index in [9.17, 15) is 0 Å². The summed E-state index contributed by atoms with van der Waals surface area (Å²) in [6, 6.07) is 20.0. The Balaban J connectivity index is 1.82. The number of hydrogen-bond acceptors (Lipinski definition) is 2. The van der Waals surface area contributed by atoms with E-state index in [1.807, 2.05) is 0 Å². The first kappa shape index (κ1) is 32.5. The van der Waals surface area contributed by atoms with E-state index in [2.05, 4.69) is 102 Å². The van der Waals surface area contributed by atoms with E-state index in [4.69, 9.17) is 10.2 Å². The van der Waals surface area contributed by atoms with E-state index >= 15 is 0 Å². The summed E-state index contributed by atoms with van der Waals surface area (Å²) in [7, 11) is 0. The van der Waals surface area contributed by atoms with Crippen molar-refractivity contribution >= 4 is 11.8 Å². The van der Waals surface area contributed by atoms with Crippen molar-refractivity contribution in [2.45, 2.75) is 125 Å². The molecular weight excluding hydrogens is 496 g/mol. The summed E-state index contributed by atoms with van der Waals surface area (Å²) in [5.41, 5.74) is 12.8. The molecule has 0 aliphatic rings. The molecule has 0 radical (unpaired) electrons. The second kappa shape index (κ2) is 17.7. The average Bonchev–Trinajstić information content (AvgIpc) is 2.98. The summed E-state index contributed by atoms with van der Waals surface area (Å²) in [5.74, 6) is 0. The lowest BCUT2D eigenvalue weighted by Gasteiger charge is -2.14. The monoisotopic (exact) mass is 550 g/mol. The molecule has 0 fully saturated rings. The van der Waals surface area contributed by atoms with Gasteiger partial charge >= 0.3 is 0 Å². The van der Waals surface area contributed by atoms with Gasteiger partial charge < -0.3 is 0 Å². The number of azo groups is 1. The molecule has 0 amide bonds. The van der Waals surface area contributed by atoms with Gasteiger partial charge in [0.2, 0.25) is 0 Å². The molecule has 2 nitrogen and oxygen atoms in total. The number of allylic oxidation sites excluding steroid dienone is 1. The molecule has 3 aromatic rings. The van der Waals surface area contributed by atoms with Crippen LogP contribution in [-0.4, -0.2) is 0 Å². The van der Waals surface area contributed by atoms with Gasteiger partial charge in [0.25, 0.3) is 0 Å². The zero-order valence-electron chi connectivity index (χ0n) is 26.9. The standard InChI is InChI=1S/C39H54N2/c1-7-10-12-14-15-18-24-37-29-38(28-34(9-3)31(37)5)41-40-30(4)25-33-26-36(23-17-13-11-8-2)32(6)39(27-33)35-21-19-16-20-22-35/h16,19-22,25-29H,7-15,17-18,23-24H2,1-6H3. The average molecular weight is 551 g/mol. The van der Waals surface area contributed by atoms with E-state index in [1.165, 1.54) is 109 Å². The van der Waals surface area contributed by atoms with Crippen LogP contribution in [0.25, 0.3) is 17.2 Å². The fraction of sp³-hybridized carbons (Fsp3) is 0.487. The quantitative estimate of drug-likeness (QED) is 0.118. The molecular formula is C39H54N2. The highest BCUT2D eigenvalue weighted by Crippen LogP contribution is 2.30. The van der Waals surface area contributed by atoms with Crippen LogP contribution in [0.5, 0.6) is 0 Å². The molecule has 3 rings (SSSR count). The molecule has 0 saturated heterocycles. The predicted molar refractivity (Wildman–Crippen MR) is 180 cm³/mol. The molecule has 41 heavy (non-hydrogen) atoms. The molecule has 0 bridgehead atoms. The molecule has 0 aliphatic heterocycles. The molecule has 3 aromatic carbocycles. The van der Waals surface area contributed by atoms with E-state index in [-0.39, 0.29) is 0 Å². The molecule has 0 saturated carbocycles. The molecule has 0 aromatic heterocycles. The first-order valence-electron chi connectivity index (χ1n) is 16.4. The van der Waals surface area contributed by atoms with Gasteiger partial charge in [-0.15, -0.1) is 0 Å². The van der Waals surface area contributed by atoms with Gasteiger partial charge in [0.1, 0.15) is 0 Å². The van der Waals surface area contributed by atoms with Crippen molar-refractivity contribution in [3.05, 3.63) is 93.7 Å². The van der Waals surface area contributed by atoms with Crippen LogP contribution < -0.4 is 0 Å². The van der Waals surface area contributed by atoms with Crippen LogP contribution in [0, 0.1) is 13.8 Å². The van der Waals surface area contributed by atoms with Crippen LogP contribution in [0.4, 0.5) is 5.69 Å². The van der Waals surface area contributed by atoms with Crippen molar-refractivity contribution in [1.82, 2.24) is 0 Å². The fourth-order valence-corrected chi connectivity index (χ4v) is 5.81. The van der Waals surface area contributed by atoms with Crippen molar-refractivity contribution < 1.29 is 0 Å². The van der Waals surface area contributed by atoms with Crippen LogP contribution in [0.1, 0.15) is 125 Å². The van der Waals surface area contributed by atoms with Gasteiger partial charge in [0.15, 0.2) is 0 Å². The van der Waals surface area contributed by atoms with Gasteiger partial charge in [-0.05, 0) is 122 Å². The molecule has 0 N–H and O–H groups in total. The van der Waals surface area contributed by atoms with Crippen LogP contribution in [-0.2, 0) is 19.3 Å². The Kier molecular flexibility index (Phi) is 14.1. The molecule has 2 heteroatoms. The Hall–Kier alpha value is -3.00. The molecule has 0 aliphatic carbocycles. The van der Waals surface area contributed by atoms with Crippen LogP contribution in [0.3, 0.4) is 0 Å². The second-order valence-corrected chi connectivity index (χ2v) is 11.8. The Morgan fingerprint density at radius 1 is 0.659 bits per heavy atom. The third kappa shape index (κ3) is 10.4. The summed E-state index contributed by atoms with van der Waals surface area (Å²) in [6.45, 7) is 13.4. The topological polar surface area (TPSA) is 24.7 Å². The Morgan fingerprint density at radius 3 is 1.90 bits per heavy atom. The number of unbranched alkanes of at least 4 members (excludes halogenated alkanes) is 8. The molecule has 220 valence electrons. The van der Waals surface area contributed by atoms with Crippen LogP contribution in [0.15, 0.2) is 70.5 Å². The highest BCUT2D eigenvalue weighted by Gasteiger charge is 2.10. The SMILES string of the molecule is CCCCCCCCc1cc(N=NC(C)=Cc2cc(CCCCCC)c(C)c(-c3ccccc3)c2)cc(CC)c1C. The Labute approximate surface area is 251 Å².